The van der Waals surface area contributed by atoms with Crippen LogP contribution in [0.4, 0.5) is 0 Å². The van der Waals surface area contributed by atoms with Gasteiger partial charge in [0, 0.05) is 38.3 Å². The van der Waals surface area contributed by atoms with Gasteiger partial charge in [-0.25, -0.2) is 0 Å². The van der Waals surface area contributed by atoms with Crippen LogP contribution in [-0.2, 0) is 11.3 Å². The fourth-order valence-corrected chi connectivity index (χ4v) is 4.35. The van der Waals surface area contributed by atoms with Crippen molar-refractivity contribution in [2.45, 2.75) is 19.0 Å². The summed E-state index contributed by atoms with van der Waals surface area (Å²) >= 11 is 0. The van der Waals surface area contributed by atoms with Crippen molar-refractivity contribution in [1.82, 2.24) is 14.7 Å². The van der Waals surface area contributed by atoms with Gasteiger partial charge in [0.15, 0.2) is 11.5 Å². The van der Waals surface area contributed by atoms with E-state index in [0.717, 1.165) is 24.2 Å². The SMILES string of the molecule is COc1ccc(C(CC(=O)N2CCN(C)CC2)N2Cc3ccccc3C2=O)cc1OC. The van der Waals surface area contributed by atoms with Gasteiger partial charge in [0.1, 0.15) is 0 Å². The van der Waals surface area contributed by atoms with Crippen LogP contribution < -0.4 is 9.47 Å². The van der Waals surface area contributed by atoms with Gasteiger partial charge >= 0.3 is 0 Å². The number of likely N-dealkylation sites (N-methyl/N-ethyl adjacent to an activating group) is 1. The van der Waals surface area contributed by atoms with Crippen LogP contribution in [0.2, 0.25) is 0 Å². The van der Waals surface area contributed by atoms with Crippen LogP contribution in [0, 0.1) is 0 Å². The number of fused-ring (bicyclic) bond motifs is 1. The Balaban J connectivity index is 1.65. The number of ether oxygens (including phenoxy) is 2. The van der Waals surface area contributed by atoms with E-state index in [4.69, 9.17) is 9.47 Å². The lowest BCUT2D eigenvalue weighted by Gasteiger charge is -2.35. The lowest BCUT2D eigenvalue weighted by atomic mass is 10.00. The van der Waals surface area contributed by atoms with E-state index in [1.54, 1.807) is 19.1 Å². The van der Waals surface area contributed by atoms with Crippen molar-refractivity contribution in [3.05, 3.63) is 59.2 Å². The Hall–Kier alpha value is -3.06. The highest BCUT2D eigenvalue weighted by Gasteiger charge is 2.36. The third kappa shape index (κ3) is 4.23. The van der Waals surface area contributed by atoms with Crippen LogP contribution in [0.15, 0.2) is 42.5 Å². The number of carbonyl (C=O) groups is 2. The van der Waals surface area contributed by atoms with Gasteiger partial charge in [-0.2, -0.15) is 0 Å². The first-order chi connectivity index (χ1) is 15.0. The van der Waals surface area contributed by atoms with Crippen molar-refractivity contribution >= 4 is 11.8 Å². The van der Waals surface area contributed by atoms with Crippen LogP contribution in [0.1, 0.15) is 33.9 Å². The molecule has 0 N–H and O–H groups in total. The minimum atomic E-state index is -0.383. The zero-order valence-electron chi connectivity index (χ0n) is 18.3. The van der Waals surface area contributed by atoms with Gasteiger partial charge in [-0.15, -0.1) is 0 Å². The van der Waals surface area contributed by atoms with Crippen LogP contribution in [0.25, 0.3) is 0 Å². The number of benzene rings is 2. The Kier molecular flexibility index (Phi) is 6.13. The Labute approximate surface area is 183 Å². The summed E-state index contributed by atoms with van der Waals surface area (Å²) in [7, 11) is 5.24. The number of methoxy groups -OCH3 is 2. The van der Waals surface area contributed by atoms with Crippen molar-refractivity contribution in [3.8, 4) is 11.5 Å². The van der Waals surface area contributed by atoms with E-state index < -0.39 is 0 Å². The Morgan fingerprint density at radius 3 is 2.39 bits per heavy atom. The summed E-state index contributed by atoms with van der Waals surface area (Å²) in [4.78, 5) is 32.4. The van der Waals surface area contributed by atoms with Gasteiger partial charge in [0.05, 0.1) is 26.7 Å². The lowest BCUT2D eigenvalue weighted by molar-refractivity contribution is -0.134. The average molecular weight is 424 g/mol. The van der Waals surface area contributed by atoms with Gasteiger partial charge < -0.3 is 24.2 Å². The number of rotatable bonds is 6. The normalized spacial score (nSPS) is 17.5. The third-order valence-electron chi connectivity index (χ3n) is 6.24. The molecule has 2 aliphatic heterocycles. The van der Waals surface area contributed by atoms with Gasteiger partial charge in [-0.3, -0.25) is 9.59 Å². The van der Waals surface area contributed by atoms with Crippen molar-refractivity contribution in [2.75, 3.05) is 47.4 Å². The second-order valence-corrected chi connectivity index (χ2v) is 8.11. The Bertz CT molecular complexity index is 969. The molecule has 2 amide bonds. The maximum atomic E-state index is 13.2. The standard InChI is InChI=1S/C24H29N3O4/c1-25-10-12-26(13-11-25)23(28)15-20(17-8-9-21(30-2)22(14-17)31-3)27-16-18-6-4-5-7-19(18)24(27)29/h4-9,14,20H,10-13,15-16H2,1-3H3. The first-order valence-electron chi connectivity index (χ1n) is 10.6. The molecule has 1 fully saturated rings. The first-order valence-corrected chi connectivity index (χ1v) is 10.6. The average Bonchev–Trinajstić information content (AvgIpc) is 3.13. The Morgan fingerprint density at radius 1 is 1.00 bits per heavy atom. The van der Waals surface area contributed by atoms with Crippen LogP contribution in [-0.4, -0.2) is 74.0 Å². The first kappa shape index (κ1) is 21.2. The van der Waals surface area contributed by atoms with E-state index in [2.05, 4.69) is 11.9 Å². The Morgan fingerprint density at radius 2 is 1.71 bits per heavy atom. The van der Waals surface area contributed by atoms with E-state index in [0.29, 0.717) is 36.7 Å². The fourth-order valence-electron chi connectivity index (χ4n) is 4.35. The lowest BCUT2D eigenvalue weighted by Crippen LogP contribution is -2.48. The van der Waals surface area contributed by atoms with Crippen LogP contribution in [0.3, 0.4) is 0 Å². The van der Waals surface area contributed by atoms with Gasteiger partial charge in [0.2, 0.25) is 5.91 Å². The molecule has 2 aromatic carbocycles. The van der Waals surface area contributed by atoms with Crippen molar-refractivity contribution in [1.29, 1.82) is 0 Å². The zero-order chi connectivity index (χ0) is 22.0. The monoisotopic (exact) mass is 423 g/mol. The molecular formula is C24H29N3O4. The highest BCUT2D eigenvalue weighted by molar-refractivity contribution is 5.98. The maximum absolute atomic E-state index is 13.2. The number of carbonyl (C=O) groups excluding carboxylic acids is 2. The molecular weight excluding hydrogens is 394 g/mol. The minimum Gasteiger partial charge on any atom is -0.493 e. The maximum Gasteiger partial charge on any atom is 0.255 e. The molecule has 2 aromatic rings. The number of amides is 2. The molecule has 0 saturated carbocycles. The number of piperazine rings is 1. The third-order valence-corrected chi connectivity index (χ3v) is 6.24. The molecule has 0 spiro atoms. The number of nitrogens with zero attached hydrogens (tertiary/aromatic N) is 3. The second kappa shape index (κ2) is 8.98. The van der Waals surface area contributed by atoms with Crippen molar-refractivity contribution < 1.29 is 19.1 Å². The molecule has 0 aromatic heterocycles. The summed E-state index contributed by atoms with van der Waals surface area (Å²) < 4.78 is 10.9. The molecule has 0 aliphatic carbocycles. The topological polar surface area (TPSA) is 62.3 Å². The summed E-state index contributed by atoms with van der Waals surface area (Å²) in [6, 6.07) is 12.9. The predicted octanol–water partition coefficient (Wildman–Crippen LogP) is 2.57. The molecule has 31 heavy (non-hydrogen) atoms. The second-order valence-electron chi connectivity index (χ2n) is 8.11. The number of hydrogen-bond donors (Lipinski definition) is 0. The summed E-state index contributed by atoms with van der Waals surface area (Å²) in [5.74, 6) is 1.23. The molecule has 7 nitrogen and oxygen atoms in total. The summed E-state index contributed by atoms with van der Waals surface area (Å²) in [5.41, 5.74) is 2.56. The van der Waals surface area contributed by atoms with Crippen LogP contribution >= 0.6 is 0 Å². The molecule has 0 bridgehead atoms. The van der Waals surface area contributed by atoms with Gasteiger partial charge in [-0.1, -0.05) is 24.3 Å². The highest BCUT2D eigenvalue weighted by atomic mass is 16.5. The van der Waals surface area contributed by atoms with Crippen molar-refractivity contribution in [2.24, 2.45) is 0 Å². The molecule has 1 atom stereocenters. The van der Waals surface area contributed by atoms with Gasteiger partial charge in [-0.05, 0) is 36.4 Å². The molecule has 1 unspecified atom stereocenters. The smallest absolute Gasteiger partial charge is 0.255 e. The molecule has 0 radical (unpaired) electrons. The number of hydrogen-bond acceptors (Lipinski definition) is 5. The molecule has 1 saturated heterocycles. The largest absolute Gasteiger partial charge is 0.493 e. The zero-order valence-corrected chi connectivity index (χ0v) is 18.3. The fraction of sp³-hybridized carbons (Fsp3) is 0.417. The van der Waals surface area contributed by atoms with Gasteiger partial charge in [0.25, 0.3) is 5.91 Å². The van der Waals surface area contributed by atoms with Crippen LogP contribution in [0.5, 0.6) is 11.5 Å². The molecule has 164 valence electrons. The van der Waals surface area contributed by atoms with E-state index in [1.165, 1.54) is 0 Å². The predicted molar refractivity (Wildman–Crippen MR) is 117 cm³/mol. The summed E-state index contributed by atoms with van der Waals surface area (Å²) in [5, 5.41) is 0. The van der Waals surface area contributed by atoms with Crippen molar-refractivity contribution in [3.63, 3.8) is 0 Å². The summed E-state index contributed by atoms with van der Waals surface area (Å²) in [6.07, 6.45) is 0.235. The van der Waals surface area contributed by atoms with E-state index in [1.807, 2.05) is 47.4 Å². The molecule has 2 heterocycles. The van der Waals surface area contributed by atoms with E-state index in [-0.39, 0.29) is 24.3 Å². The highest BCUT2D eigenvalue weighted by Crippen LogP contribution is 2.37. The molecule has 7 heteroatoms. The minimum absolute atomic E-state index is 0.0402. The quantitative estimate of drug-likeness (QED) is 0.715. The molecule has 2 aliphatic rings. The van der Waals surface area contributed by atoms with E-state index >= 15 is 0 Å². The summed E-state index contributed by atoms with van der Waals surface area (Å²) in [6.45, 7) is 3.63. The van der Waals surface area contributed by atoms with E-state index in [9.17, 15) is 9.59 Å². The molecule has 4 rings (SSSR count).